The van der Waals surface area contributed by atoms with E-state index < -0.39 is 0 Å². The van der Waals surface area contributed by atoms with Crippen LogP contribution in [0.25, 0.3) is 5.70 Å². The van der Waals surface area contributed by atoms with Crippen molar-refractivity contribution >= 4 is 17.0 Å². The van der Waals surface area contributed by atoms with Crippen LogP contribution < -0.4 is 10.9 Å². The Morgan fingerprint density at radius 3 is 2.84 bits per heavy atom. The minimum atomic E-state index is 0.162. The first kappa shape index (κ1) is 12.3. The zero-order valence-electron chi connectivity index (χ0n) is 10.9. The van der Waals surface area contributed by atoms with Crippen LogP contribution in [0.4, 0.5) is 0 Å². The second-order valence-electron chi connectivity index (χ2n) is 4.82. The highest BCUT2D eigenvalue weighted by molar-refractivity contribution is 7.10. The molecule has 4 heteroatoms. The van der Waals surface area contributed by atoms with E-state index in [1.165, 1.54) is 4.88 Å². The summed E-state index contributed by atoms with van der Waals surface area (Å²) in [7, 11) is 0. The Labute approximate surface area is 116 Å². The number of thiophene rings is 1. The topological polar surface area (TPSA) is 44.3 Å². The number of aryl methyl sites for hydroxylation is 2. The maximum absolute atomic E-state index is 10.2. The first-order valence-corrected chi connectivity index (χ1v) is 7.10. The highest BCUT2D eigenvalue weighted by Gasteiger charge is 2.20. The van der Waals surface area contributed by atoms with Gasteiger partial charge in [-0.2, -0.15) is 0 Å². The molecule has 1 aliphatic rings. The summed E-state index contributed by atoms with van der Waals surface area (Å²) in [4.78, 5) is 1.26. The van der Waals surface area contributed by atoms with Crippen LogP contribution in [0.3, 0.4) is 0 Å². The molecule has 0 spiro atoms. The van der Waals surface area contributed by atoms with Crippen molar-refractivity contribution in [1.29, 1.82) is 0 Å². The van der Waals surface area contributed by atoms with Gasteiger partial charge in [-0.3, -0.25) is 0 Å². The quantitative estimate of drug-likeness (QED) is 0.786. The third-order valence-corrected chi connectivity index (χ3v) is 4.24. The van der Waals surface area contributed by atoms with E-state index in [9.17, 15) is 5.11 Å². The predicted octanol–water partition coefficient (Wildman–Crippen LogP) is 3.26. The molecule has 2 aromatic rings. The van der Waals surface area contributed by atoms with Gasteiger partial charge >= 0.3 is 0 Å². The molecule has 3 nitrogen and oxygen atoms in total. The van der Waals surface area contributed by atoms with Crippen LogP contribution in [0.15, 0.2) is 35.7 Å². The maximum atomic E-state index is 10.2. The molecule has 3 N–H and O–H groups in total. The van der Waals surface area contributed by atoms with E-state index in [0.29, 0.717) is 5.75 Å². The molecule has 19 heavy (non-hydrogen) atoms. The normalized spacial score (nSPS) is 18.2. The van der Waals surface area contributed by atoms with Crippen molar-refractivity contribution in [3.05, 3.63) is 57.3 Å². The smallest absolute Gasteiger partial charge is 0.127 e. The van der Waals surface area contributed by atoms with Crippen LogP contribution in [0, 0.1) is 13.8 Å². The van der Waals surface area contributed by atoms with Crippen molar-refractivity contribution < 1.29 is 5.11 Å². The number of phenolic OH excluding ortho intramolecular Hbond substituents is 1. The number of phenols is 1. The SMILES string of the molecule is Cc1cc(C)c(O)c(C2=CC(c3cccs3)NN2)c1. The van der Waals surface area contributed by atoms with E-state index in [0.717, 1.165) is 22.4 Å². The molecule has 0 bridgehead atoms. The predicted molar refractivity (Wildman–Crippen MR) is 78.9 cm³/mol. The van der Waals surface area contributed by atoms with Crippen LogP contribution in [0.5, 0.6) is 5.75 Å². The molecule has 3 rings (SSSR count). The van der Waals surface area contributed by atoms with Gasteiger partial charge in [-0.25, -0.2) is 5.43 Å². The molecule has 0 radical (unpaired) electrons. The van der Waals surface area contributed by atoms with Gasteiger partial charge in [-0.05, 0) is 48.6 Å². The van der Waals surface area contributed by atoms with Crippen LogP contribution in [-0.4, -0.2) is 5.11 Å². The summed E-state index contributed by atoms with van der Waals surface area (Å²) < 4.78 is 0. The largest absolute Gasteiger partial charge is 0.507 e. The number of rotatable bonds is 2. The van der Waals surface area contributed by atoms with Gasteiger partial charge in [0.2, 0.25) is 0 Å². The lowest BCUT2D eigenvalue weighted by molar-refractivity contribution is 0.468. The second kappa shape index (κ2) is 4.72. The van der Waals surface area contributed by atoms with E-state index in [2.05, 4.69) is 28.4 Å². The van der Waals surface area contributed by atoms with Crippen molar-refractivity contribution in [3.8, 4) is 5.75 Å². The van der Waals surface area contributed by atoms with Gasteiger partial charge in [0.05, 0.1) is 11.7 Å². The van der Waals surface area contributed by atoms with Gasteiger partial charge in [0.1, 0.15) is 5.75 Å². The lowest BCUT2D eigenvalue weighted by Gasteiger charge is -2.10. The number of nitrogens with one attached hydrogen (secondary N) is 2. The Hall–Kier alpha value is -1.78. The lowest BCUT2D eigenvalue weighted by atomic mass is 10.0. The van der Waals surface area contributed by atoms with Crippen molar-refractivity contribution in [3.63, 3.8) is 0 Å². The molecule has 1 aliphatic heterocycles. The number of hydrogen-bond acceptors (Lipinski definition) is 4. The van der Waals surface area contributed by atoms with Crippen molar-refractivity contribution in [1.82, 2.24) is 10.9 Å². The fraction of sp³-hybridized carbons (Fsp3) is 0.200. The highest BCUT2D eigenvalue weighted by atomic mass is 32.1. The van der Waals surface area contributed by atoms with Crippen LogP contribution in [0.2, 0.25) is 0 Å². The Morgan fingerprint density at radius 2 is 2.11 bits per heavy atom. The summed E-state index contributed by atoms with van der Waals surface area (Å²) >= 11 is 1.72. The molecule has 1 unspecified atom stereocenters. The Balaban J connectivity index is 1.98. The third kappa shape index (κ3) is 2.25. The summed E-state index contributed by atoms with van der Waals surface area (Å²) in [6.45, 7) is 3.96. The van der Waals surface area contributed by atoms with Gasteiger partial charge in [0, 0.05) is 10.4 Å². The van der Waals surface area contributed by atoms with Gasteiger partial charge < -0.3 is 10.5 Å². The minimum Gasteiger partial charge on any atom is -0.507 e. The molecule has 1 aromatic carbocycles. The van der Waals surface area contributed by atoms with E-state index in [4.69, 9.17) is 0 Å². The van der Waals surface area contributed by atoms with E-state index in [1.54, 1.807) is 11.3 Å². The number of hydrazine groups is 1. The molecule has 1 aromatic heterocycles. The van der Waals surface area contributed by atoms with Crippen LogP contribution in [-0.2, 0) is 0 Å². The first-order chi connectivity index (χ1) is 9.15. The number of aromatic hydroxyl groups is 1. The fourth-order valence-corrected chi connectivity index (χ4v) is 3.09. The minimum absolute atomic E-state index is 0.162. The Bertz CT molecular complexity index is 632. The zero-order chi connectivity index (χ0) is 13.4. The summed E-state index contributed by atoms with van der Waals surface area (Å²) in [5.74, 6) is 0.345. The third-order valence-electron chi connectivity index (χ3n) is 3.28. The van der Waals surface area contributed by atoms with E-state index in [1.807, 2.05) is 32.0 Å². The van der Waals surface area contributed by atoms with E-state index >= 15 is 0 Å². The standard InChI is InChI=1S/C15H16N2OS/c1-9-6-10(2)15(18)11(7-9)12-8-13(17-16-12)14-4-3-5-19-14/h3-8,13,16-18H,1-2H3. The summed E-state index contributed by atoms with van der Waals surface area (Å²) in [6, 6.07) is 8.29. The van der Waals surface area contributed by atoms with Gasteiger partial charge in [-0.15, -0.1) is 11.3 Å². The molecule has 98 valence electrons. The average molecular weight is 272 g/mol. The van der Waals surface area contributed by atoms with Gasteiger partial charge in [0.15, 0.2) is 0 Å². The maximum Gasteiger partial charge on any atom is 0.127 e. The molecule has 0 saturated heterocycles. The second-order valence-corrected chi connectivity index (χ2v) is 5.80. The number of benzene rings is 1. The van der Waals surface area contributed by atoms with Crippen molar-refractivity contribution in [2.75, 3.05) is 0 Å². The average Bonchev–Trinajstić information content (AvgIpc) is 3.03. The van der Waals surface area contributed by atoms with Crippen LogP contribution in [0.1, 0.15) is 27.6 Å². The fourth-order valence-electron chi connectivity index (χ4n) is 2.35. The van der Waals surface area contributed by atoms with Crippen molar-refractivity contribution in [2.45, 2.75) is 19.9 Å². The summed E-state index contributed by atoms with van der Waals surface area (Å²) in [5, 5.41) is 12.3. The molecule has 2 heterocycles. The summed E-state index contributed by atoms with van der Waals surface area (Å²) in [6.07, 6.45) is 2.11. The molecular weight excluding hydrogens is 256 g/mol. The monoisotopic (exact) mass is 272 g/mol. The van der Waals surface area contributed by atoms with E-state index in [-0.39, 0.29) is 6.04 Å². The Kier molecular flexibility index (Phi) is 3.05. The molecule has 1 atom stereocenters. The molecule has 0 fully saturated rings. The molecular formula is C15H16N2OS. The zero-order valence-corrected chi connectivity index (χ0v) is 11.7. The molecule has 0 amide bonds. The van der Waals surface area contributed by atoms with Gasteiger partial charge in [-0.1, -0.05) is 12.1 Å². The number of hydrogen-bond donors (Lipinski definition) is 3. The Morgan fingerprint density at radius 1 is 1.26 bits per heavy atom. The van der Waals surface area contributed by atoms with Crippen LogP contribution >= 0.6 is 11.3 Å². The van der Waals surface area contributed by atoms with Gasteiger partial charge in [0.25, 0.3) is 0 Å². The first-order valence-electron chi connectivity index (χ1n) is 6.22. The molecule has 0 saturated carbocycles. The lowest BCUT2D eigenvalue weighted by Crippen LogP contribution is -2.25. The summed E-state index contributed by atoms with van der Waals surface area (Å²) in [5.41, 5.74) is 10.2. The highest BCUT2D eigenvalue weighted by Crippen LogP contribution is 2.33. The molecule has 0 aliphatic carbocycles. The van der Waals surface area contributed by atoms with Crippen molar-refractivity contribution in [2.24, 2.45) is 0 Å².